The third-order valence-electron chi connectivity index (χ3n) is 17.3. The molecular weight excluding hydrogens is 692 g/mol. The first-order valence-corrected chi connectivity index (χ1v) is 23.3. The van der Waals surface area contributed by atoms with E-state index in [4.69, 9.17) is 0 Å². The summed E-state index contributed by atoms with van der Waals surface area (Å²) in [5, 5.41) is 0. The quantitative estimate of drug-likeness (QED) is 0.292. The van der Waals surface area contributed by atoms with Crippen molar-refractivity contribution in [3.63, 3.8) is 0 Å². The van der Waals surface area contributed by atoms with Crippen LogP contribution in [0.1, 0.15) is 91.0 Å². The third kappa shape index (κ3) is 3.93. The van der Waals surface area contributed by atoms with E-state index in [1.54, 1.807) is 12.1 Å². The fourth-order valence-electron chi connectivity index (χ4n) is 13.6. The topological polar surface area (TPSA) is 0 Å². The van der Waals surface area contributed by atoms with Crippen LogP contribution in [0.25, 0.3) is 0 Å². The summed E-state index contributed by atoms with van der Waals surface area (Å²) < 4.78 is 3.98. The van der Waals surface area contributed by atoms with E-state index in [0.717, 1.165) is 6.42 Å². The summed E-state index contributed by atoms with van der Waals surface area (Å²) in [6.45, 7) is 28.3. The molecule has 0 N–H and O–H groups in total. The van der Waals surface area contributed by atoms with Crippen molar-refractivity contribution in [2.45, 2.75) is 86.2 Å². The van der Waals surface area contributed by atoms with Crippen LogP contribution in [0.15, 0.2) is 142 Å². The van der Waals surface area contributed by atoms with Crippen LogP contribution in [0.5, 0.6) is 0 Å². The van der Waals surface area contributed by atoms with Crippen molar-refractivity contribution in [1.82, 2.24) is 0 Å². The van der Waals surface area contributed by atoms with Crippen LogP contribution in [0.4, 0.5) is 0 Å². The fraction of sp³-hybridized carbons (Fsp3) is 0.420. The molecule has 9 atom stereocenters. The third-order valence-corrected chi connectivity index (χ3v) is 26.9. The van der Waals surface area contributed by atoms with E-state index in [-0.39, 0.29) is 37.9 Å². The molecule has 0 saturated heterocycles. The number of hydrogen-bond donors (Lipinski definition) is 0. The molecule has 0 amide bonds. The van der Waals surface area contributed by atoms with Gasteiger partial charge in [-0.25, -0.2) is 0 Å². The van der Waals surface area contributed by atoms with E-state index in [1.807, 2.05) is 0 Å². The fourth-order valence-corrected chi connectivity index (χ4v) is 25.3. The van der Waals surface area contributed by atoms with Gasteiger partial charge in [0.2, 0.25) is 0 Å². The van der Waals surface area contributed by atoms with Crippen LogP contribution in [-0.2, 0) is 21.3 Å². The molecule has 0 aromatic heterocycles. The number of rotatable bonds is 4. The van der Waals surface area contributed by atoms with Crippen molar-refractivity contribution in [3.05, 3.63) is 164 Å². The van der Waals surface area contributed by atoms with Gasteiger partial charge >= 0.3 is 319 Å². The zero-order chi connectivity index (χ0) is 36.4. The predicted octanol–water partition coefficient (Wildman–Crippen LogP) is 13.0. The van der Waals surface area contributed by atoms with E-state index in [1.165, 1.54) is 27.8 Å². The summed E-state index contributed by atoms with van der Waals surface area (Å²) in [6, 6.07) is 19.3. The van der Waals surface area contributed by atoms with Crippen molar-refractivity contribution in [2.75, 3.05) is 0 Å². The molecule has 2 aromatic carbocycles. The van der Waals surface area contributed by atoms with Crippen molar-refractivity contribution >= 4 is 3.21 Å². The van der Waals surface area contributed by atoms with E-state index in [9.17, 15) is 0 Å². The van der Waals surface area contributed by atoms with Gasteiger partial charge in [-0.2, -0.15) is 0 Å². The average Bonchev–Trinajstić information content (AvgIpc) is 3.60. The number of allylic oxidation sites excluding steroid dienone is 16. The molecule has 0 aliphatic heterocycles. The molecule has 262 valence electrons. The normalized spacial score (nSPS) is 41.3. The van der Waals surface area contributed by atoms with E-state index < -0.39 is 21.3 Å². The van der Waals surface area contributed by atoms with Gasteiger partial charge in [0.1, 0.15) is 0 Å². The van der Waals surface area contributed by atoms with Crippen LogP contribution in [0.2, 0.25) is 3.63 Å². The second-order valence-corrected chi connectivity index (χ2v) is 24.6. The SMILES string of the molecule is CC1=CC=CC2[CH]([Zr]([C]3=C(C)C=CC3)=[C](c3ccc(C)cc3)c3ccc(C)cc3)C3(C)C4(C)C=CC=CC4(C)C4(C)C=CC=CC4(C)C3(C)C12C. The van der Waals surface area contributed by atoms with Crippen LogP contribution < -0.4 is 0 Å². The van der Waals surface area contributed by atoms with Gasteiger partial charge in [0.15, 0.2) is 0 Å². The number of hydrogen-bond acceptors (Lipinski definition) is 0. The van der Waals surface area contributed by atoms with Gasteiger partial charge in [-0.3, -0.25) is 0 Å². The Balaban J connectivity index is 1.60. The van der Waals surface area contributed by atoms with Crippen molar-refractivity contribution < 1.29 is 21.3 Å². The summed E-state index contributed by atoms with van der Waals surface area (Å²) in [6.07, 6.45) is 33.8. The molecule has 51 heavy (non-hydrogen) atoms. The Labute approximate surface area is 316 Å². The van der Waals surface area contributed by atoms with Crippen molar-refractivity contribution in [3.8, 4) is 0 Å². The van der Waals surface area contributed by atoms with Crippen LogP contribution in [0, 0.1) is 57.7 Å². The molecule has 2 fully saturated rings. The molecular formula is C50H58Zr. The Kier molecular flexibility index (Phi) is 7.80. The summed E-state index contributed by atoms with van der Waals surface area (Å²) in [5.74, 6) is 0.414. The second kappa shape index (κ2) is 11.3. The summed E-state index contributed by atoms with van der Waals surface area (Å²) >= 11 is -2.99. The Morgan fingerprint density at radius 3 is 1.61 bits per heavy atom. The van der Waals surface area contributed by atoms with Gasteiger partial charge in [0.25, 0.3) is 0 Å². The zero-order valence-electron chi connectivity index (χ0n) is 33.0. The minimum absolute atomic E-state index is 0.0516. The molecule has 0 spiro atoms. The van der Waals surface area contributed by atoms with Gasteiger partial charge in [-0.1, -0.05) is 0 Å². The minimum atomic E-state index is -2.99. The predicted molar refractivity (Wildman–Crippen MR) is 215 cm³/mol. The van der Waals surface area contributed by atoms with Crippen LogP contribution >= 0.6 is 0 Å². The Morgan fingerprint density at radius 2 is 1.10 bits per heavy atom. The Hall–Kier alpha value is -2.89. The number of fused-ring (bicyclic) bond motifs is 8. The molecule has 0 bridgehead atoms. The van der Waals surface area contributed by atoms with Gasteiger partial charge < -0.3 is 0 Å². The first kappa shape index (κ1) is 35.2. The van der Waals surface area contributed by atoms with Crippen molar-refractivity contribution in [2.24, 2.45) is 43.8 Å². The molecule has 9 unspecified atom stereocenters. The van der Waals surface area contributed by atoms with E-state index in [2.05, 4.69) is 204 Å². The average molecular weight is 750 g/mol. The Morgan fingerprint density at radius 1 is 0.608 bits per heavy atom. The van der Waals surface area contributed by atoms with Crippen molar-refractivity contribution in [1.29, 1.82) is 0 Å². The van der Waals surface area contributed by atoms with Gasteiger partial charge in [0, 0.05) is 0 Å². The second-order valence-electron chi connectivity index (χ2n) is 18.3. The van der Waals surface area contributed by atoms with Crippen LogP contribution in [-0.4, -0.2) is 3.21 Å². The molecule has 1 heteroatoms. The maximum absolute atomic E-state index is 2.99. The molecule has 0 nitrogen and oxygen atoms in total. The standard InChI is InChI=1S/C29H37.C15H14.C6H7.Zr/c1-21-14-13-15-22-20-27(6)25(4)18-10-9-16-23(25,2)24(3)17-11-12-19-26(24,5)29(27,8)28(21,22)7;1-12-3-7-14(8-4-12)11-15-9-5-13(2)6-10-15;1-6-4-2-3-5-6;/h9-20,22H,1-8H3;3-10H,1-2H3;2,4H,3H2,1H3;. The monoisotopic (exact) mass is 748 g/mol. The first-order valence-electron chi connectivity index (χ1n) is 19.4. The summed E-state index contributed by atoms with van der Waals surface area (Å²) in [4.78, 5) is 0. The molecule has 2 aromatic rings. The maximum atomic E-state index is 2.82. The van der Waals surface area contributed by atoms with Gasteiger partial charge in [-0.05, 0) is 0 Å². The summed E-state index contributed by atoms with van der Waals surface area (Å²) in [5.41, 5.74) is 7.97. The number of aryl methyl sites for hydroxylation is 2. The number of benzene rings is 2. The molecule has 6 aliphatic rings. The molecule has 2 saturated carbocycles. The summed E-state index contributed by atoms with van der Waals surface area (Å²) in [7, 11) is 0. The van der Waals surface area contributed by atoms with Gasteiger partial charge in [-0.15, -0.1) is 0 Å². The Bertz CT molecular complexity index is 2060. The zero-order valence-corrected chi connectivity index (χ0v) is 35.4. The first-order chi connectivity index (χ1) is 24.1. The molecule has 6 aliphatic carbocycles. The van der Waals surface area contributed by atoms with Gasteiger partial charge in [0.05, 0.1) is 0 Å². The molecule has 8 rings (SSSR count). The van der Waals surface area contributed by atoms with Crippen LogP contribution in [0.3, 0.4) is 0 Å². The van der Waals surface area contributed by atoms with E-state index in [0.29, 0.717) is 9.54 Å². The molecule has 0 radical (unpaired) electrons. The van der Waals surface area contributed by atoms with E-state index >= 15 is 0 Å². The molecule has 0 heterocycles.